The summed E-state index contributed by atoms with van der Waals surface area (Å²) in [5.41, 5.74) is 4.10. The molecule has 0 N–H and O–H groups in total. The molecule has 0 fully saturated rings. The minimum Gasteiger partial charge on any atom is -0.331 e. The van der Waals surface area contributed by atoms with Crippen molar-refractivity contribution in [2.75, 3.05) is 6.54 Å². The Morgan fingerprint density at radius 1 is 0.946 bits per heavy atom. The Kier molecular flexibility index (Phi) is 7.66. The van der Waals surface area contributed by atoms with Gasteiger partial charge in [-0.15, -0.1) is 0 Å². The first-order valence-electron chi connectivity index (χ1n) is 12.7. The standard InChI is InChI=1S/C30H30ClN5O/c1-2-3-8-20-35(30(37)24-13-5-7-16-27(24)34-18-9-10-19-34)22-28-33-26-15-11-17-32-29(26)36(28)21-23-12-4-6-14-25(23)31/h4-7,9-19H,2-3,8,20-22H2,1H3. The van der Waals surface area contributed by atoms with Crippen LogP contribution in [0.2, 0.25) is 5.02 Å². The van der Waals surface area contributed by atoms with Gasteiger partial charge in [0.05, 0.1) is 24.3 Å². The van der Waals surface area contributed by atoms with Gasteiger partial charge in [-0.3, -0.25) is 4.79 Å². The predicted molar refractivity (Wildman–Crippen MR) is 148 cm³/mol. The van der Waals surface area contributed by atoms with E-state index in [-0.39, 0.29) is 5.91 Å². The number of pyridine rings is 1. The van der Waals surface area contributed by atoms with E-state index in [9.17, 15) is 4.79 Å². The number of aromatic nitrogens is 4. The van der Waals surface area contributed by atoms with Gasteiger partial charge >= 0.3 is 0 Å². The van der Waals surface area contributed by atoms with Crippen LogP contribution in [0.1, 0.15) is 47.9 Å². The molecule has 2 aromatic carbocycles. The molecule has 1 amide bonds. The average molecular weight is 512 g/mol. The molecule has 0 radical (unpaired) electrons. The number of benzene rings is 2. The molecule has 0 unspecified atom stereocenters. The molecule has 0 saturated carbocycles. The van der Waals surface area contributed by atoms with Gasteiger partial charge < -0.3 is 14.0 Å². The molecule has 3 heterocycles. The van der Waals surface area contributed by atoms with Gasteiger partial charge in [-0.2, -0.15) is 0 Å². The van der Waals surface area contributed by atoms with Crippen LogP contribution in [0, 0.1) is 0 Å². The van der Waals surface area contributed by atoms with Crippen LogP contribution in [-0.4, -0.2) is 36.5 Å². The van der Waals surface area contributed by atoms with E-state index in [2.05, 4.69) is 16.5 Å². The van der Waals surface area contributed by atoms with Gasteiger partial charge in [-0.25, -0.2) is 9.97 Å². The van der Waals surface area contributed by atoms with E-state index in [1.54, 1.807) is 6.20 Å². The van der Waals surface area contributed by atoms with Crippen molar-refractivity contribution in [3.05, 3.63) is 113 Å². The monoisotopic (exact) mass is 511 g/mol. The van der Waals surface area contributed by atoms with Gasteiger partial charge in [-0.05, 0) is 54.4 Å². The van der Waals surface area contributed by atoms with Crippen molar-refractivity contribution in [3.63, 3.8) is 0 Å². The lowest BCUT2D eigenvalue weighted by atomic mass is 10.1. The molecular weight excluding hydrogens is 482 g/mol. The van der Waals surface area contributed by atoms with E-state index in [1.807, 2.05) is 94.7 Å². The lowest BCUT2D eigenvalue weighted by Gasteiger charge is -2.24. The van der Waals surface area contributed by atoms with Crippen LogP contribution in [0.15, 0.2) is 91.4 Å². The van der Waals surface area contributed by atoms with Crippen molar-refractivity contribution in [3.8, 4) is 5.69 Å². The lowest BCUT2D eigenvalue weighted by molar-refractivity contribution is 0.0734. The summed E-state index contributed by atoms with van der Waals surface area (Å²) in [5.74, 6) is 0.779. The minimum atomic E-state index is -0.00953. The summed E-state index contributed by atoms with van der Waals surface area (Å²) in [6.07, 6.45) is 8.76. The molecule has 0 atom stereocenters. The van der Waals surface area contributed by atoms with Crippen molar-refractivity contribution in [1.29, 1.82) is 0 Å². The first-order chi connectivity index (χ1) is 18.2. The quantitative estimate of drug-likeness (QED) is 0.195. The van der Waals surface area contributed by atoms with Crippen molar-refractivity contribution in [1.82, 2.24) is 24.0 Å². The summed E-state index contributed by atoms with van der Waals surface area (Å²) in [6, 6.07) is 23.3. The summed E-state index contributed by atoms with van der Waals surface area (Å²) in [7, 11) is 0. The Balaban J connectivity index is 1.53. The Bertz CT molecular complexity index is 1490. The fourth-order valence-electron chi connectivity index (χ4n) is 4.61. The third kappa shape index (κ3) is 5.44. The third-order valence-corrected chi connectivity index (χ3v) is 6.91. The zero-order chi connectivity index (χ0) is 25.6. The van der Waals surface area contributed by atoms with Crippen molar-refractivity contribution >= 4 is 28.7 Å². The molecular formula is C30H30ClN5O. The highest BCUT2D eigenvalue weighted by molar-refractivity contribution is 6.31. The second kappa shape index (κ2) is 11.4. The number of halogens is 1. The van der Waals surface area contributed by atoms with E-state index < -0.39 is 0 Å². The SMILES string of the molecule is CCCCCN(Cc1nc2cccnc2n1Cc1ccccc1Cl)C(=O)c1ccccc1-n1cccc1. The van der Waals surface area contributed by atoms with Crippen LogP contribution in [0.4, 0.5) is 0 Å². The summed E-state index contributed by atoms with van der Waals surface area (Å²) in [5, 5.41) is 0.697. The number of rotatable bonds is 10. The molecule has 5 aromatic rings. The largest absolute Gasteiger partial charge is 0.331 e. The highest BCUT2D eigenvalue weighted by atomic mass is 35.5. The van der Waals surface area contributed by atoms with E-state index in [1.165, 1.54) is 0 Å². The fraction of sp³-hybridized carbons (Fsp3) is 0.233. The van der Waals surface area contributed by atoms with Crippen LogP contribution in [-0.2, 0) is 13.1 Å². The topological polar surface area (TPSA) is 56.0 Å². The number of para-hydroxylation sites is 1. The summed E-state index contributed by atoms with van der Waals surface area (Å²) < 4.78 is 4.06. The van der Waals surface area contributed by atoms with E-state index in [0.717, 1.165) is 47.5 Å². The summed E-state index contributed by atoms with van der Waals surface area (Å²) in [4.78, 5) is 25.5. The van der Waals surface area contributed by atoms with E-state index >= 15 is 0 Å². The first-order valence-corrected chi connectivity index (χ1v) is 13.1. The van der Waals surface area contributed by atoms with Crippen LogP contribution in [0.5, 0.6) is 0 Å². The molecule has 188 valence electrons. The van der Waals surface area contributed by atoms with Gasteiger partial charge in [0.1, 0.15) is 11.3 Å². The maximum atomic E-state index is 14.0. The lowest BCUT2D eigenvalue weighted by Crippen LogP contribution is -2.33. The number of unbranched alkanes of at least 4 members (excludes halogenated alkanes) is 2. The first kappa shape index (κ1) is 24.8. The second-order valence-electron chi connectivity index (χ2n) is 9.09. The van der Waals surface area contributed by atoms with Crippen molar-refractivity contribution < 1.29 is 4.79 Å². The number of imidazole rings is 1. The van der Waals surface area contributed by atoms with E-state index in [0.29, 0.717) is 30.2 Å². The Morgan fingerprint density at radius 2 is 1.73 bits per heavy atom. The number of hydrogen-bond donors (Lipinski definition) is 0. The highest BCUT2D eigenvalue weighted by Gasteiger charge is 2.23. The number of carbonyl (C=O) groups is 1. The smallest absolute Gasteiger partial charge is 0.256 e. The Morgan fingerprint density at radius 3 is 2.54 bits per heavy atom. The van der Waals surface area contributed by atoms with Crippen molar-refractivity contribution in [2.45, 2.75) is 39.3 Å². The molecule has 0 aliphatic carbocycles. The van der Waals surface area contributed by atoms with Gasteiger partial charge in [-0.1, -0.05) is 61.7 Å². The number of fused-ring (bicyclic) bond motifs is 1. The molecule has 0 bridgehead atoms. The number of nitrogens with zero attached hydrogens (tertiary/aromatic N) is 5. The minimum absolute atomic E-state index is 0.00953. The third-order valence-electron chi connectivity index (χ3n) is 6.54. The molecule has 37 heavy (non-hydrogen) atoms. The van der Waals surface area contributed by atoms with Crippen molar-refractivity contribution in [2.24, 2.45) is 0 Å². The van der Waals surface area contributed by atoms with Gasteiger partial charge in [0.25, 0.3) is 5.91 Å². The zero-order valence-corrected chi connectivity index (χ0v) is 21.7. The maximum absolute atomic E-state index is 14.0. The predicted octanol–water partition coefficient (Wildman–Crippen LogP) is 6.76. The molecule has 5 rings (SSSR count). The fourth-order valence-corrected chi connectivity index (χ4v) is 4.81. The molecule has 0 aliphatic rings. The average Bonchev–Trinajstić information content (AvgIpc) is 3.58. The van der Waals surface area contributed by atoms with Gasteiger partial charge in [0, 0.05) is 30.2 Å². The summed E-state index contributed by atoms with van der Waals surface area (Å²) >= 11 is 6.51. The molecule has 0 saturated heterocycles. The molecule has 6 nitrogen and oxygen atoms in total. The molecule has 3 aromatic heterocycles. The van der Waals surface area contributed by atoms with Gasteiger partial charge in [0.2, 0.25) is 0 Å². The van der Waals surface area contributed by atoms with Crippen LogP contribution < -0.4 is 0 Å². The van der Waals surface area contributed by atoms with Crippen LogP contribution >= 0.6 is 11.6 Å². The molecule has 7 heteroatoms. The highest BCUT2D eigenvalue weighted by Crippen LogP contribution is 2.23. The molecule has 0 aliphatic heterocycles. The summed E-state index contributed by atoms with van der Waals surface area (Å²) in [6.45, 7) is 3.72. The molecule has 0 spiro atoms. The normalized spacial score (nSPS) is 11.2. The van der Waals surface area contributed by atoms with Crippen LogP contribution in [0.3, 0.4) is 0 Å². The van der Waals surface area contributed by atoms with Crippen LogP contribution in [0.25, 0.3) is 16.9 Å². The number of amides is 1. The van der Waals surface area contributed by atoms with Gasteiger partial charge in [0.15, 0.2) is 5.65 Å². The second-order valence-corrected chi connectivity index (χ2v) is 9.50. The number of carbonyl (C=O) groups excluding carboxylic acids is 1. The Labute approximate surface area is 222 Å². The number of hydrogen-bond acceptors (Lipinski definition) is 3. The zero-order valence-electron chi connectivity index (χ0n) is 20.9. The maximum Gasteiger partial charge on any atom is 0.256 e. The Hall–Kier alpha value is -3.90. The van der Waals surface area contributed by atoms with E-state index in [4.69, 9.17) is 16.6 Å².